The monoisotopic (exact) mass is 266 g/mol. The molecule has 0 radical (unpaired) electrons. The molecule has 0 bridgehead atoms. The van der Waals surface area contributed by atoms with Crippen LogP contribution < -0.4 is 16.2 Å². The van der Waals surface area contributed by atoms with E-state index in [1.165, 1.54) is 0 Å². The average molecular weight is 266 g/mol. The molecule has 19 heavy (non-hydrogen) atoms. The number of nitrogens with two attached hydrogens (primary N) is 1. The predicted molar refractivity (Wildman–Crippen MR) is 74.9 cm³/mol. The van der Waals surface area contributed by atoms with Crippen LogP contribution in [-0.4, -0.2) is 59.3 Å². The van der Waals surface area contributed by atoms with Crippen molar-refractivity contribution in [3.63, 3.8) is 0 Å². The van der Waals surface area contributed by atoms with E-state index in [2.05, 4.69) is 25.2 Å². The molecule has 1 aromatic rings. The highest BCUT2D eigenvalue weighted by molar-refractivity contribution is 5.46. The number of nitrogens with zero attached hydrogens (tertiary/aromatic N) is 4. The van der Waals surface area contributed by atoms with Gasteiger partial charge in [0.15, 0.2) is 0 Å². The quantitative estimate of drug-likeness (QED) is 0.503. The fourth-order valence-electron chi connectivity index (χ4n) is 2.53. The molecular weight excluding hydrogens is 244 g/mol. The molecule has 2 rings (SSSR count). The van der Waals surface area contributed by atoms with Gasteiger partial charge in [0.05, 0.1) is 6.10 Å². The van der Waals surface area contributed by atoms with Gasteiger partial charge in [-0.25, -0.2) is 10.8 Å². The lowest BCUT2D eigenvalue weighted by Crippen LogP contribution is -2.38. The second kappa shape index (κ2) is 5.68. The molecule has 106 valence electrons. The summed E-state index contributed by atoms with van der Waals surface area (Å²) in [6, 6.07) is 2.17. The van der Waals surface area contributed by atoms with Gasteiger partial charge in [-0.15, -0.1) is 0 Å². The Kier molecular flexibility index (Phi) is 4.18. The maximum Gasteiger partial charge on any atom is 0.239 e. The fourth-order valence-corrected chi connectivity index (χ4v) is 2.53. The van der Waals surface area contributed by atoms with E-state index in [9.17, 15) is 5.11 Å². The minimum atomic E-state index is -0.311. The van der Waals surface area contributed by atoms with Crippen molar-refractivity contribution in [2.45, 2.75) is 25.5 Å². The minimum absolute atomic E-state index is 0.255. The smallest absolute Gasteiger partial charge is 0.239 e. The van der Waals surface area contributed by atoms with Crippen molar-refractivity contribution in [2.75, 3.05) is 37.5 Å². The summed E-state index contributed by atoms with van der Waals surface area (Å²) < 4.78 is 0. The molecule has 7 nitrogen and oxygen atoms in total. The van der Waals surface area contributed by atoms with Gasteiger partial charge in [-0.05, 0) is 27.4 Å². The predicted octanol–water partition coefficient (Wildman–Crippen LogP) is -0.428. The fraction of sp³-hybridized carbons (Fsp3) is 0.667. The molecule has 1 saturated heterocycles. The molecule has 1 aliphatic heterocycles. The highest BCUT2D eigenvalue weighted by Gasteiger charge is 2.32. The largest absolute Gasteiger partial charge is 0.391 e. The Labute approximate surface area is 113 Å². The Hall–Kier alpha value is -1.44. The Balaban J connectivity index is 2.25. The van der Waals surface area contributed by atoms with Gasteiger partial charge in [-0.2, -0.15) is 4.98 Å². The van der Waals surface area contributed by atoms with Crippen molar-refractivity contribution >= 4 is 11.8 Å². The Morgan fingerprint density at radius 1 is 1.53 bits per heavy atom. The third-order valence-corrected chi connectivity index (χ3v) is 3.23. The maximum atomic E-state index is 9.90. The number of hydrogen-bond donors (Lipinski definition) is 3. The summed E-state index contributed by atoms with van der Waals surface area (Å²) in [7, 11) is 4.06. The van der Waals surface area contributed by atoms with E-state index < -0.39 is 0 Å². The number of aryl methyl sites for hydroxylation is 1. The van der Waals surface area contributed by atoms with E-state index in [1.807, 2.05) is 27.1 Å². The van der Waals surface area contributed by atoms with Crippen LogP contribution in [0.15, 0.2) is 6.07 Å². The molecule has 0 amide bonds. The van der Waals surface area contributed by atoms with Gasteiger partial charge < -0.3 is 14.9 Å². The zero-order chi connectivity index (χ0) is 14.0. The molecule has 0 spiro atoms. The van der Waals surface area contributed by atoms with Gasteiger partial charge >= 0.3 is 0 Å². The van der Waals surface area contributed by atoms with E-state index in [0.717, 1.165) is 24.5 Å². The normalized spacial score (nSPS) is 23.2. The third kappa shape index (κ3) is 3.31. The molecule has 7 heteroatoms. The topological polar surface area (TPSA) is 90.5 Å². The average Bonchev–Trinajstić information content (AvgIpc) is 2.68. The van der Waals surface area contributed by atoms with Gasteiger partial charge in [-0.1, -0.05) is 0 Å². The molecule has 1 aliphatic rings. The van der Waals surface area contributed by atoms with E-state index >= 15 is 0 Å². The van der Waals surface area contributed by atoms with Crippen LogP contribution in [0.2, 0.25) is 0 Å². The summed E-state index contributed by atoms with van der Waals surface area (Å²) in [4.78, 5) is 12.8. The number of nitrogen functional groups attached to an aromatic ring is 1. The van der Waals surface area contributed by atoms with Crippen LogP contribution in [0.1, 0.15) is 12.1 Å². The Morgan fingerprint density at radius 3 is 2.89 bits per heavy atom. The molecule has 2 unspecified atom stereocenters. The molecule has 0 aromatic carbocycles. The highest BCUT2D eigenvalue weighted by atomic mass is 16.3. The van der Waals surface area contributed by atoms with Crippen LogP contribution in [0.5, 0.6) is 0 Å². The summed E-state index contributed by atoms with van der Waals surface area (Å²) in [6.07, 6.45) is 0.446. The van der Waals surface area contributed by atoms with Crippen molar-refractivity contribution < 1.29 is 5.11 Å². The summed E-state index contributed by atoms with van der Waals surface area (Å²) in [5, 5.41) is 9.90. The lowest BCUT2D eigenvalue weighted by molar-refractivity contribution is 0.191. The number of anilines is 2. The van der Waals surface area contributed by atoms with E-state index in [4.69, 9.17) is 5.84 Å². The van der Waals surface area contributed by atoms with Crippen molar-refractivity contribution in [1.29, 1.82) is 0 Å². The van der Waals surface area contributed by atoms with Crippen molar-refractivity contribution in [2.24, 2.45) is 5.84 Å². The number of likely N-dealkylation sites (N-methyl/N-ethyl adjacent to an activating group) is 1. The van der Waals surface area contributed by atoms with Crippen molar-refractivity contribution in [1.82, 2.24) is 14.9 Å². The first kappa shape index (κ1) is 14.0. The van der Waals surface area contributed by atoms with Gasteiger partial charge in [0.1, 0.15) is 5.82 Å². The van der Waals surface area contributed by atoms with Crippen LogP contribution >= 0.6 is 0 Å². The highest BCUT2D eigenvalue weighted by Crippen LogP contribution is 2.25. The van der Waals surface area contributed by atoms with Crippen LogP contribution in [0, 0.1) is 6.92 Å². The van der Waals surface area contributed by atoms with Crippen molar-refractivity contribution in [3.05, 3.63) is 11.8 Å². The Bertz CT molecular complexity index is 438. The molecule has 2 atom stereocenters. The zero-order valence-electron chi connectivity index (χ0n) is 11.7. The summed E-state index contributed by atoms with van der Waals surface area (Å²) in [5.74, 6) is 6.59. The molecule has 2 heterocycles. The van der Waals surface area contributed by atoms with E-state index in [1.54, 1.807) is 0 Å². The molecule has 4 N–H and O–H groups in total. The standard InChI is InChI=1S/C12H22N6O/c1-8-4-11(15-12(14-8)16-13)18-7-10(19)5-9(18)6-17(2)3/h4,9-10,19H,5-7,13H2,1-3H3,(H,14,15,16). The van der Waals surface area contributed by atoms with Crippen LogP contribution in [0.25, 0.3) is 0 Å². The summed E-state index contributed by atoms with van der Waals surface area (Å²) in [5.41, 5.74) is 3.33. The molecule has 1 aromatic heterocycles. The van der Waals surface area contributed by atoms with Gasteiger partial charge in [0.25, 0.3) is 0 Å². The SMILES string of the molecule is Cc1cc(N2CC(O)CC2CN(C)C)nc(NN)n1. The lowest BCUT2D eigenvalue weighted by atomic mass is 10.2. The number of β-amino-alcohol motifs (C(OH)–C–C–N with tert-alkyl or cyclic N) is 1. The number of hydrazine groups is 1. The van der Waals surface area contributed by atoms with Crippen LogP contribution in [0.4, 0.5) is 11.8 Å². The van der Waals surface area contributed by atoms with Gasteiger partial charge in [0, 0.05) is 30.9 Å². The number of aliphatic hydroxyl groups is 1. The third-order valence-electron chi connectivity index (χ3n) is 3.23. The first-order valence-corrected chi connectivity index (χ1v) is 6.41. The number of nitrogens with one attached hydrogen (secondary N) is 1. The van der Waals surface area contributed by atoms with Gasteiger partial charge in [0.2, 0.25) is 5.95 Å². The first-order valence-electron chi connectivity index (χ1n) is 6.41. The second-order valence-electron chi connectivity index (χ2n) is 5.29. The van der Waals surface area contributed by atoms with Crippen molar-refractivity contribution in [3.8, 4) is 0 Å². The Morgan fingerprint density at radius 2 is 2.26 bits per heavy atom. The van der Waals surface area contributed by atoms with Crippen LogP contribution in [0.3, 0.4) is 0 Å². The molecular formula is C12H22N6O. The number of hydrogen-bond acceptors (Lipinski definition) is 7. The maximum absolute atomic E-state index is 9.90. The first-order chi connectivity index (χ1) is 8.99. The summed E-state index contributed by atoms with van der Waals surface area (Å²) in [6.45, 7) is 3.38. The van der Waals surface area contributed by atoms with Gasteiger partial charge in [-0.3, -0.25) is 5.43 Å². The zero-order valence-corrected chi connectivity index (χ0v) is 11.7. The summed E-state index contributed by atoms with van der Waals surface area (Å²) >= 11 is 0. The molecule has 1 fully saturated rings. The number of rotatable bonds is 4. The number of aromatic nitrogens is 2. The van der Waals surface area contributed by atoms with E-state index in [0.29, 0.717) is 12.5 Å². The number of aliphatic hydroxyl groups excluding tert-OH is 1. The molecule has 0 aliphatic carbocycles. The minimum Gasteiger partial charge on any atom is -0.391 e. The lowest BCUT2D eigenvalue weighted by Gasteiger charge is -2.28. The molecule has 0 saturated carbocycles. The van der Waals surface area contributed by atoms with Crippen LogP contribution in [-0.2, 0) is 0 Å². The van der Waals surface area contributed by atoms with E-state index in [-0.39, 0.29) is 12.1 Å². The second-order valence-corrected chi connectivity index (χ2v) is 5.29.